The van der Waals surface area contributed by atoms with Gasteiger partial charge in [-0.3, -0.25) is 14.5 Å². The molecule has 2 unspecified atom stereocenters. The fourth-order valence-corrected chi connectivity index (χ4v) is 3.12. The highest BCUT2D eigenvalue weighted by molar-refractivity contribution is 5.78. The van der Waals surface area contributed by atoms with Crippen LogP contribution in [0, 0.1) is 12.3 Å². The number of carbonyl (C=O) groups excluding carboxylic acids is 2. The van der Waals surface area contributed by atoms with Crippen LogP contribution in [-0.2, 0) is 38.0 Å². The second kappa shape index (κ2) is 17.7. The van der Waals surface area contributed by atoms with Crippen LogP contribution in [-0.4, -0.2) is 120 Å². The summed E-state index contributed by atoms with van der Waals surface area (Å²) in [6.45, 7) is 3.68. The van der Waals surface area contributed by atoms with E-state index in [9.17, 15) is 14.7 Å². The molecule has 0 aliphatic carbocycles. The van der Waals surface area contributed by atoms with Crippen LogP contribution in [0.3, 0.4) is 0 Å². The van der Waals surface area contributed by atoms with Crippen molar-refractivity contribution in [3.63, 3.8) is 0 Å². The van der Waals surface area contributed by atoms with Gasteiger partial charge in [-0.2, -0.15) is 0 Å². The minimum absolute atomic E-state index is 0.149. The van der Waals surface area contributed by atoms with Crippen LogP contribution in [0.4, 0.5) is 0 Å². The van der Waals surface area contributed by atoms with E-state index in [1.54, 1.807) is 4.90 Å². The lowest BCUT2D eigenvalue weighted by molar-refractivity contribution is -0.148. The smallest absolute Gasteiger partial charge is 0.323 e. The number of nitrogens with zero attached hydrogens (tertiary/aromatic N) is 1. The van der Waals surface area contributed by atoms with E-state index in [1.807, 2.05) is 0 Å². The third kappa shape index (κ3) is 12.3. The van der Waals surface area contributed by atoms with Gasteiger partial charge in [0.25, 0.3) is 0 Å². The highest BCUT2D eigenvalue weighted by Crippen LogP contribution is 2.19. The molecule has 184 valence electrons. The summed E-state index contributed by atoms with van der Waals surface area (Å²) in [4.78, 5) is 25.9. The zero-order chi connectivity index (χ0) is 23.6. The van der Waals surface area contributed by atoms with E-state index >= 15 is 0 Å². The van der Waals surface area contributed by atoms with Crippen LogP contribution in [0.1, 0.15) is 12.8 Å². The predicted molar refractivity (Wildman–Crippen MR) is 114 cm³/mol. The lowest BCUT2D eigenvalue weighted by atomic mass is 10.1. The molecule has 0 aromatic rings. The Labute approximate surface area is 189 Å². The molecule has 0 aromatic carbocycles. The van der Waals surface area contributed by atoms with Gasteiger partial charge in [0.2, 0.25) is 5.91 Å². The minimum atomic E-state index is -1.02. The van der Waals surface area contributed by atoms with Gasteiger partial charge in [0, 0.05) is 26.1 Å². The molecule has 0 aromatic heterocycles. The zero-order valence-electron chi connectivity index (χ0n) is 19.0. The fraction of sp³-hybridized carbons (Fsp3) is 0.810. The van der Waals surface area contributed by atoms with Crippen LogP contribution in [0.25, 0.3) is 0 Å². The number of nitrogens with one attached hydrogen (secondary N) is 1. The number of terminal acetylenes is 1. The van der Waals surface area contributed by atoms with Crippen molar-refractivity contribution >= 4 is 11.9 Å². The molecule has 11 heteroatoms. The topological polar surface area (TPSA) is 125 Å². The number of ether oxygens (including phenoxy) is 6. The van der Waals surface area contributed by atoms with Crippen LogP contribution >= 0.6 is 0 Å². The van der Waals surface area contributed by atoms with Gasteiger partial charge in [0.05, 0.1) is 59.9 Å². The summed E-state index contributed by atoms with van der Waals surface area (Å²) in [7, 11) is 2.69. The van der Waals surface area contributed by atoms with E-state index in [1.165, 1.54) is 14.2 Å². The van der Waals surface area contributed by atoms with Gasteiger partial charge >= 0.3 is 5.97 Å². The molecule has 32 heavy (non-hydrogen) atoms. The molecule has 3 atom stereocenters. The van der Waals surface area contributed by atoms with Crippen molar-refractivity contribution in [2.45, 2.75) is 31.2 Å². The predicted octanol–water partition coefficient (Wildman–Crippen LogP) is -1.23. The molecule has 0 bridgehead atoms. The van der Waals surface area contributed by atoms with Gasteiger partial charge in [-0.1, -0.05) is 5.92 Å². The maximum Gasteiger partial charge on any atom is 0.323 e. The number of β-amino-alcohol motifs (C(OH)–C–C–N with tert-alkyl or cyclic N) is 1. The third-order valence-electron chi connectivity index (χ3n) is 4.68. The Kier molecular flexibility index (Phi) is 15.7. The first-order chi connectivity index (χ1) is 15.5. The number of esters is 1. The second-order valence-corrected chi connectivity index (χ2v) is 7.03. The van der Waals surface area contributed by atoms with Crippen LogP contribution in [0.2, 0.25) is 0 Å². The number of hydrogen-bond donors (Lipinski definition) is 2. The lowest BCUT2D eigenvalue weighted by Crippen LogP contribution is -2.42. The maximum atomic E-state index is 12.2. The highest BCUT2D eigenvalue weighted by Gasteiger charge is 2.38. The molecule has 1 saturated heterocycles. The third-order valence-corrected chi connectivity index (χ3v) is 4.68. The Hall–Kier alpha value is -1.78. The number of amides is 1. The molecule has 11 nitrogen and oxygen atoms in total. The average Bonchev–Trinajstić information content (AvgIpc) is 3.17. The first-order valence-corrected chi connectivity index (χ1v) is 10.6. The summed E-state index contributed by atoms with van der Waals surface area (Å²) in [5, 5.41) is 12.6. The number of hydrogen-bond acceptors (Lipinski definition) is 10. The first kappa shape index (κ1) is 28.3. The number of methoxy groups -OCH3 is 2. The Morgan fingerprint density at radius 2 is 1.66 bits per heavy atom. The molecule has 0 saturated carbocycles. The van der Waals surface area contributed by atoms with Crippen molar-refractivity contribution in [3.05, 3.63) is 0 Å². The zero-order valence-corrected chi connectivity index (χ0v) is 19.0. The normalized spacial score (nSPS) is 19.4. The van der Waals surface area contributed by atoms with Gasteiger partial charge in [0.15, 0.2) is 6.29 Å². The van der Waals surface area contributed by atoms with Crippen molar-refractivity contribution < 1.29 is 43.1 Å². The van der Waals surface area contributed by atoms with Crippen molar-refractivity contribution in [2.24, 2.45) is 0 Å². The Bertz CT molecular complexity index is 570. The van der Waals surface area contributed by atoms with Crippen molar-refractivity contribution in [1.29, 1.82) is 0 Å². The van der Waals surface area contributed by atoms with Crippen LogP contribution in [0.5, 0.6) is 0 Å². The summed E-state index contributed by atoms with van der Waals surface area (Å²) in [6, 6.07) is -0.765. The van der Waals surface area contributed by atoms with E-state index < -0.39 is 18.3 Å². The van der Waals surface area contributed by atoms with Crippen molar-refractivity contribution in [1.82, 2.24) is 10.2 Å². The van der Waals surface area contributed by atoms with E-state index in [0.29, 0.717) is 52.6 Å². The summed E-state index contributed by atoms with van der Waals surface area (Å²) >= 11 is 0. The second-order valence-electron chi connectivity index (χ2n) is 7.03. The number of aliphatic hydroxyl groups excluding tert-OH is 1. The van der Waals surface area contributed by atoms with Gasteiger partial charge in [-0.15, -0.1) is 6.42 Å². The Morgan fingerprint density at radius 1 is 1.06 bits per heavy atom. The summed E-state index contributed by atoms with van der Waals surface area (Å²) < 4.78 is 30.8. The summed E-state index contributed by atoms with van der Waals surface area (Å²) in [5.41, 5.74) is 0. The summed E-state index contributed by atoms with van der Waals surface area (Å²) in [6.07, 6.45) is 4.63. The van der Waals surface area contributed by atoms with Crippen molar-refractivity contribution in [2.75, 3.05) is 80.2 Å². The molecule has 1 aliphatic rings. The summed E-state index contributed by atoms with van der Waals surface area (Å²) in [5.74, 6) is 1.79. The Morgan fingerprint density at radius 3 is 2.22 bits per heavy atom. The minimum Gasteiger partial charge on any atom is -0.468 e. The standard InChI is InChI=1S/C21H36N2O9/c1-4-6-29-8-10-31-12-13-32-11-9-30-7-5-19(24)22-17-14-18(21(26)28-3)23(15-17)16-20(25)27-2/h1,17-18,20,25H,5-16H2,2-3H3,(H,22,24)/t17?,18-,20?/m0/s1. The van der Waals surface area contributed by atoms with Gasteiger partial charge in [-0.25, -0.2) is 0 Å². The monoisotopic (exact) mass is 460 g/mol. The lowest BCUT2D eigenvalue weighted by Gasteiger charge is -2.24. The first-order valence-electron chi connectivity index (χ1n) is 10.6. The highest BCUT2D eigenvalue weighted by atomic mass is 16.6. The molecule has 1 fully saturated rings. The van der Waals surface area contributed by atoms with Gasteiger partial charge in [0.1, 0.15) is 12.6 Å². The SMILES string of the molecule is C#CCOCCOCCOCCOCCC(=O)NC1C[C@@H](C(=O)OC)N(CC(O)OC)C1. The molecule has 1 heterocycles. The number of carbonyl (C=O) groups is 2. The Balaban J connectivity index is 2.09. The molecule has 0 spiro atoms. The van der Waals surface area contributed by atoms with E-state index in [0.717, 1.165) is 0 Å². The number of likely N-dealkylation sites (tertiary alicyclic amines) is 1. The average molecular weight is 461 g/mol. The number of rotatable bonds is 18. The van der Waals surface area contributed by atoms with Gasteiger partial charge < -0.3 is 38.8 Å². The molecule has 1 aliphatic heterocycles. The molecular weight excluding hydrogens is 424 g/mol. The number of aliphatic hydroxyl groups is 1. The molecule has 1 rings (SSSR count). The van der Waals surface area contributed by atoms with E-state index in [4.69, 9.17) is 34.8 Å². The molecule has 2 N–H and O–H groups in total. The maximum absolute atomic E-state index is 12.2. The van der Waals surface area contributed by atoms with E-state index in [2.05, 4.69) is 11.2 Å². The van der Waals surface area contributed by atoms with Gasteiger partial charge in [-0.05, 0) is 6.42 Å². The molecule has 0 radical (unpaired) electrons. The quantitative estimate of drug-likeness (QED) is 0.111. The van der Waals surface area contributed by atoms with Crippen LogP contribution in [0.15, 0.2) is 0 Å². The van der Waals surface area contributed by atoms with Crippen molar-refractivity contribution in [3.8, 4) is 12.3 Å². The molecule has 1 amide bonds. The largest absolute Gasteiger partial charge is 0.468 e. The fourth-order valence-electron chi connectivity index (χ4n) is 3.12. The van der Waals surface area contributed by atoms with Crippen LogP contribution < -0.4 is 5.32 Å². The molecular formula is C21H36N2O9. The van der Waals surface area contributed by atoms with E-state index in [-0.39, 0.29) is 38.1 Å².